The highest BCUT2D eigenvalue weighted by Crippen LogP contribution is 2.26. The Kier molecular flexibility index (Phi) is 3.54. The largest absolute Gasteiger partial charge is 0.497 e. The van der Waals surface area contributed by atoms with E-state index in [1.807, 2.05) is 24.3 Å². The summed E-state index contributed by atoms with van der Waals surface area (Å²) in [6.45, 7) is 2.05. The molecule has 1 aliphatic rings. The van der Waals surface area contributed by atoms with E-state index < -0.39 is 5.60 Å². The number of aliphatic hydroxyl groups is 1. The lowest BCUT2D eigenvalue weighted by atomic mass is 9.91. The third-order valence-corrected chi connectivity index (χ3v) is 3.51. The van der Waals surface area contributed by atoms with Gasteiger partial charge in [0.15, 0.2) is 0 Å². The molecule has 0 aromatic heterocycles. The van der Waals surface area contributed by atoms with Gasteiger partial charge in [-0.3, -0.25) is 0 Å². The predicted octanol–water partition coefficient (Wildman–Crippen LogP) is 0.985. The Morgan fingerprint density at radius 2 is 1.88 bits per heavy atom. The summed E-state index contributed by atoms with van der Waals surface area (Å²) in [5, 5.41) is 10.1. The summed E-state index contributed by atoms with van der Waals surface area (Å²) >= 11 is 0. The molecule has 0 saturated carbocycles. The second-order valence-electron chi connectivity index (χ2n) is 4.61. The standard InChI is InChI=1S/C13H20N2O2/c1-17-12-4-2-11(3-5-12)15-8-6-13(16,10-14)7-9-15/h2-5,16H,6-10,14H2,1H3. The van der Waals surface area contributed by atoms with E-state index in [1.165, 1.54) is 5.69 Å². The van der Waals surface area contributed by atoms with Crippen molar-refractivity contribution in [1.29, 1.82) is 0 Å². The highest BCUT2D eigenvalue weighted by molar-refractivity contribution is 5.49. The first-order chi connectivity index (χ1) is 8.17. The van der Waals surface area contributed by atoms with Gasteiger partial charge in [0.2, 0.25) is 0 Å². The number of methoxy groups -OCH3 is 1. The molecule has 1 saturated heterocycles. The first-order valence-corrected chi connectivity index (χ1v) is 5.98. The molecule has 0 spiro atoms. The van der Waals surface area contributed by atoms with Crippen molar-refractivity contribution in [2.45, 2.75) is 18.4 Å². The van der Waals surface area contributed by atoms with Crippen LogP contribution in [0.25, 0.3) is 0 Å². The molecule has 1 fully saturated rings. The molecule has 0 bridgehead atoms. The molecule has 1 aromatic carbocycles. The highest BCUT2D eigenvalue weighted by atomic mass is 16.5. The fraction of sp³-hybridized carbons (Fsp3) is 0.538. The van der Waals surface area contributed by atoms with Crippen molar-refractivity contribution in [3.8, 4) is 5.75 Å². The van der Waals surface area contributed by atoms with E-state index in [0.717, 1.165) is 31.7 Å². The van der Waals surface area contributed by atoms with Crippen LogP contribution in [0, 0.1) is 0 Å². The van der Waals surface area contributed by atoms with Gasteiger partial charge in [-0.05, 0) is 37.1 Å². The van der Waals surface area contributed by atoms with Crippen molar-refractivity contribution in [1.82, 2.24) is 0 Å². The second kappa shape index (κ2) is 4.94. The van der Waals surface area contributed by atoms with Gasteiger partial charge in [0.1, 0.15) is 5.75 Å². The molecule has 1 aromatic rings. The summed E-state index contributed by atoms with van der Waals surface area (Å²) in [6.07, 6.45) is 1.46. The SMILES string of the molecule is COc1ccc(N2CCC(O)(CN)CC2)cc1. The number of rotatable bonds is 3. The van der Waals surface area contributed by atoms with E-state index in [1.54, 1.807) is 7.11 Å². The summed E-state index contributed by atoms with van der Waals surface area (Å²) in [7, 11) is 1.66. The lowest BCUT2D eigenvalue weighted by Crippen LogP contribution is -2.48. The van der Waals surface area contributed by atoms with Crippen molar-refractivity contribution < 1.29 is 9.84 Å². The van der Waals surface area contributed by atoms with Crippen LogP contribution in [0.1, 0.15) is 12.8 Å². The van der Waals surface area contributed by atoms with Gasteiger partial charge in [-0.1, -0.05) is 0 Å². The lowest BCUT2D eigenvalue weighted by molar-refractivity contribution is 0.0250. The maximum atomic E-state index is 10.1. The first-order valence-electron chi connectivity index (χ1n) is 5.98. The number of benzene rings is 1. The van der Waals surface area contributed by atoms with Crippen LogP contribution < -0.4 is 15.4 Å². The lowest BCUT2D eigenvalue weighted by Gasteiger charge is -2.38. The van der Waals surface area contributed by atoms with Crippen molar-refractivity contribution in [3.63, 3.8) is 0 Å². The van der Waals surface area contributed by atoms with Crippen molar-refractivity contribution >= 4 is 5.69 Å². The van der Waals surface area contributed by atoms with Gasteiger partial charge < -0.3 is 20.5 Å². The van der Waals surface area contributed by atoms with Crippen molar-refractivity contribution in [3.05, 3.63) is 24.3 Å². The van der Waals surface area contributed by atoms with Crippen molar-refractivity contribution in [2.24, 2.45) is 5.73 Å². The van der Waals surface area contributed by atoms with Crippen molar-refractivity contribution in [2.75, 3.05) is 31.6 Å². The number of piperidine rings is 1. The molecular weight excluding hydrogens is 216 g/mol. The minimum atomic E-state index is -0.664. The average molecular weight is 236 g/mol. The molecule has 0 amide bonds. The average Bonchev–Trinajstić information content (AvgIpc) is 2.40. The summed E-state index contributed by atoms with van der Waals surface area (Å²) < 4.78 is 5.13. The molecule has 94 valence electrons. The second-order valence-corrected chi connectivity index (χ2v) is 4.61. The van der Waals surface area contributed by atoms with Gasteiger partial charge in [0, 0.05) is 25.3 Å². The highest BCUT2D eigenvalue weighted by Gasteiger charge is 2.30. The number of hydrogen-bond acceptors (Lipinski definition) is 4. The Labute approximate surface area is 102 Å². The Morgan fingerprint density at radius 1 is 1.29 bits per heavy atom. The zero-order valence-corrected chi connectivity index (χ0v) is 10.2. The Morgan fingerprint density at radius 3 is 2.35 bits per heavy atom. The molecule has 1 aliphatic heterocycles. The van der Waals surface area contributed by atoms with Gasteiger partial charge >= 0.3 is 0 Å². The maximum Gasteiger partial charge on any atom is 0.119 e. The number of nitrogens with two attached hydrogens (primary N) is 1. The maximum absolute atomic E-state index is 10.1. The molecule has 0 atom stereocenters. The third-order valence-electron chi connectivity index (χ3n) is 3.51. The van der Waals surface area contributed by atoms with E-state index in [2.05, 4.69) is 4.90 Å². The number of ether oxygens (including phenoxy) is 1. The monoisotopic (exact) mass is 236 g/mol. The van der Waals surface area contributed by atoms with Crippen LogP contribution in [0.5, 0.6) is 5.75 Å². The van der Waals surface area contributed by atoms with Crippen LogP contribution in [0.3, 0.4) is 0 Å². The quantitative estimate of drug-likeness (QED) is 0.821. The molecule has 0 radical (unpaired) electrons. The van der Waals surface area contributed by atoms with Gasteiger partial charge in [0.05, 0.1) is 12.7 Å². The van der Waals surface area contributed by atoms with E-state index in [4.69, 9.17) is 10.5 Å². The molecule has 0 unspecified atom stereocenters. The van der Waals surface area contributed by atoms with Crippen LogP contribution in [0.4, 0.5) is 5.69 Å². The van der Waals surface area contributed by atoms with Gasteiger partial charge in [-0.25, -0.2) is 0 Å². The number of anilines is 1. The predicted molar refractivity (Wildman–Crippen MR) is 68.4 cm³/mol. The Bertz CT molecular complexity index is 356. The first kappa shape index (κ1) is 12.2. The summed E-state index contributed by atoms with van der Waals surface area (Å²) in [5.74, 6) is 0.865. The molecule has 1 heterocycles. The molecular formula is C13H20N2O2. The minimum absolute atomic E-state index is 0.351. The fourth-order valence-corrected chi connectivity index (χ4v) is 2.18. The Balaban J connectivity index is 2.00. The van der Waals surface area contributed by atoms with E-state index in [9.17, 15) is 5.11 Å². The van der Waals surface area contributed by atoms with Crippen LogP contribution in [0.2, 0.25) is 0 Å². The van der Waals surface area contributed by atoms with Crippen LogP contribution in [-0.4, -0.2) is 37.5 Å². The molecule has 2 rings (SSSR count). The fourth-order valence-electron chi connectivity index (χ4n) is 2.18. The molecule has 4 nitrogen and oxygen atoms in total. The minimum Gasteiger partial charge on any atom is -0.497 e. The zero-order valence-electron chi connectivity index (χ0n) is 10.2. The van der Waals surface area contributed by atoms with Crippen LogP contribution in [0.15, 0.2) is 24.3 Å². The number of nitrogens with zero attached hydrogens (tertiary/aromatic N) is 1. The molecule has 0 aliphatic carbocycles. The smallest absolute Gasteiger partial charge is 0.119 e. The Hall–Kier alpha value is -1.26. The normalized spacial score (nSPS) is 19.1. The van der Waals surface area contributed by atoms with Gasteiger partial charge in [0.25, 0.3) is 0 Å². The molecule has 4 heteroatoms. The molecule has 17 heavy (non-hydrogen) atoms. The van der Waals surface area contributed by atoms with Gasteiger partial charge in [-0.2, -0.15) is 0 Å². The topological polar surface area (TPSA) is 58.7 Å². The van der Waals surface area contributed by atoms with Crippen LogP contribution in [-0.2, 0) is 0 Å². The van der Waals surface area contributed by atoms with Gasteiger partial charge in [-0.15, -0.1) is 0 Å². The van der Waals surface area contributed by atoms with Crippen LogP contribution >= 0.6 is 0 Å². The summed E-state index contributed by atoms with van der Waals surface area (Å²) in [5.41, 5.74) is 6.08. The summed E-state index contributed by atoms with van der Waals surface area (Å²) in [4.78, 5) is 2.27. The molecule has 3 N–H and O–H groups in total. The zero-order chi connectivity index (χ0) is 12.3. The van der Waals surface area contributed by atoms with E-state index in [-0.39, 0.29) is 0 Å². The van der Waals surface area contributed by atoms with E-state index in [0.29, 0.717) is 6.54 Å². The number of hydrogen-bond donors (Lipinski definition) is 2. The van der Waals surface area contributed by atoms with E-state index >= 15 is 0 Å². The third kappa shape index (κ3) is 2.70. The summed E-state index contributed by atoms with van der Waals surface area (Å²) in [6, 6.07) is 8.01.